The van der Waals surface area contributed by atoms with Gasteiger partial charge in [-0.15, -0.1) is 0 Å². The number of rotatable bonds is 6. The third kappa shape index (κ3) is 4.42. The highest BCUT2D eigenvalue weighted by molar-refractivity contribution is 4.89. The molecular weight excluding hydrogens is 198 g/mol. The van der Waals surface area contributed by atoms with Gasteiger partial charge < -0.3 is 10.1 Å². The lowest BCUT2D eigenvalue weighted by Gasteiger charge is -2.41. The number of ether oxygens (including phenoxy) is 1. The lowest BCUT2D eigenvalue weighted by molar-refractivity contribution is -0.0277. The molecule has 1 aliphatic carbocycles. The molecule has 0 amide bonds. The predicted octanol–water partition coefficient (Wildman–Crippen LogP) is 3.36. The van der Waals surface area contributed by atoms with E-state index < -0.39 is 0 Å². The normalized spacial score (nSPS) is 29.2. The van der Waals surface area contributed by atoms with E-state index in [1.165, 1.54) is 25.7 Å². The summed E-state index contributed by atoms with van der Waals surface area (Å²) < 4.78 is 6.01. The fourth-order valence-corrected chi connectivity index (χ4v) is 2.53. The Kier molecular flexibility index (Phi) is 5.77. The molecule has 0 aromatic carbocycles. The van der Waals surface area contributed by atoms with E-state index in [4.69, 9.17) is 4.74 Å². The van der Waals surface area contributed by atoms with E-state index in [2.05, 4.69) is 33.0 Å². The first-order valence-electron chi connectivity index (χ1n) is 6.94. The van der Waals surface area contributed by atoms with Crippen LogP contribution in [0.4, 0.5) is 0 Å². The zero-order valence-corrected chi connectivity index (χ0v) is 11.5. The van der Waals surface area contributed by atoms with Crippen molar-refractivity contribution in [2.45, 2.75) is 71.9 Å². The van der Waals surface area contributed by atoms with Gasteiger partial charge in [-0.1, -0.05) is 27.7 Å². The minimum atomic E-state index is 0.426. The third-order valence-corrected chi connectivity index (χ3v) is 3.53. The first-order valence-corrected chi connectivity index (χ1v) is 6.94. The van der Waals surface area contributed by atoms with Gasteiger partial charge in [0.15, 0.2) is 0 Å². The molecule has 0 bridgehead atoms. The van der Waals surface area contributed by atoms with Gasteiger partial charge in [0.1, 0.15) is 0 Å². The predicted molar refractivity (Wildman–Crippen MR) is 69.7 cm³/mol. The minimum absolute atomic E-state index is 0.426. The van der Waals surface area contributed by atoms with Crippen molar-refractivity contribution in [3.63, 3.8) is 0 Å². The molecular formula is C14H29NO. The fraction of sp³-hybridized carbons (Fsp3) is 1.00. The number of hydrogen-bond donors (Lipinski definition) is 1. The van der Waals surface area contributed by atoms with Crippen molar-refractivity contribution >= 4 is 0 Å². The maximum Gasteiger partial charge on any atom is 0.0733 e. The molecule has 0 radical (unpaired) electrons. The van der Waals surface area contributed by atoms with Crippen molar-refractivity contribution in [3.8, 4) is 0 Å². The summed E-state index contributed by atoms with van der Waals surface area (Å²) in [6.45, 7) is 11.2. The van der Waals surface area contributed by atoms with Gasteiger partial charge in [0.05, 0.1) is 6.10 Å². The van der Waals surface area contributed by atoms with Crippen molar-refractivity contribution in [2.75, 3.05) is 13.2 Å². The van der Waals surface area contributed by atoms with Crippen LogP contribution in [0.5, 0.6) is 0 Å². The zero-order valence-electron chi connectivity index (χ0n) is 11.5. The Morgan fingerprint density at radius 2 is 2.00 bits per heavy atom. The summed E-state index contributed by atoms with van der Waals surface area (Å²) in [5.41, 5.74) is 0.461. The molecule has 0 aromatic rings. The maximum absolute atomic E-state index is 6.01. The van der Waals surface area contributed by atoms with Crippen molar-refractivity contribution in [3.05, 3.63) is 0 Å². The highest BCUT2D eigenvalue weighted by atomic mass is 16.5. The second-order valence-corrected chi connectivity index (χ2v) is 5.88. The van der Waals surface area contributed by atoms with Crippen molar-refractivity contribution in [1.29, 1.82) is 0 Å². The van der Waals surface area contributed by atoms with Crippen LogP contribution in [0.3, 0.4) is 0 Å². The quantitative estimate of drug-likeness (QED) is 0.751. The second kappa shape index (κ2) is 6.61. The van der Waals surface area contributed by atoms with Crippen LogP contribution in [0.2, 0.25) is 0 Å². The summed E-state index contributed by atoms with van der Waals surface area (Å²) in [5, 5.41) is 3.64. The molecule has 0 saturated heterocycles. The Morgan fingerprint density at radius 3 is 2.62 bits per heavy atom. The lowest BCUT2D eigenvalue weighted by atomic mass is 9.74. The van der Waals surface area contributed by atoms with Crippen molar-refractivity contribution < 1.29 is 4.74 Å². The molecule has 96 valence electrons. The summed E-state index contributed by atoms with van der Waals surface area (Å²) >= 11 is 0. The Bertz CT molecular complexity index is 191. The molecule has 2 atom stereocenters. The molecule has 0 heterocycles. The maximum atomic E-state index is 6.01. The van der Waals surface area contributed by atoms with Crippen LogP contribution < -0.4 is 5.32 Å². The van der Waals surface area contributed by atoms with Gasteiger partial charge in [-0.05, 0) is 44.1 Å². The number of nitrogens with one attached hydrogen (secondary N) is 1. The Hall–Kier alpha value is -0.0800. The topological polar surface area (TPSA) is 21.3 Å². The molecule has 2 nitrogen and oxygen atoms in total. The molecule has 0 aromatic heterocycles. The summed E-state index contributed by atoms with van der Waals surface area (Å²) in [5.74, 6) is 0. The molecule has 2 unspecified atom stereocenters. The first-order chi connectivity index (χ1) is 7.59. The van der Waals surface area contributed by atoms with Gasteiger partial charge in [-0.2, -0.15) is 0 Å². The van der Waals surface area contributed by atoms with E-state index in [-0.39, 0.29) is 0 Å². The van der Waals surface area contributed by atoms with Crippen LogP contribution in [0, 0.1) is 5.41 Å². The van der Waals surface area contributed by atoms with E-state index in [1.54, 1.807) is 0 Å². The molecule has 1 fully saturated rings. The molecule has 1 N–H and O–H groups in total. The lowest BCUT2D eigenvalue weighted by Crippen LogP contribution is -2.47. The summed E-state index contributed by atoms with van der Waals surface area (Å²) in [6, 6.07) is 0.583. The highest BCUT2D eigenvalue weighted by Gasteiger charge is 2.34. The van der Waals surface area contributed by atoms with E-state index in [0.29, 0.717) is 17.6 Å². The van der Waals surface area contributed by atoms with E-state index >= 15 is 0 Å². The number of hydrogen-bond acceptors (Lipinski definition) is 2. The Labute approximate surface area is 101 Å². The smallest absolute Gasteiger partial charge is 0.0733 e. The highest BCUT2D eigenvalue weighted by Crippen LogP contribution is 2.36. The van der Waals surface area contributed by atoms with Crippen LogP contribution >= 0.6 is 0 Å². The van der Waals surface area contributed by atoms with Gasteiger partial charge in [0.2, 0.25) is 0 Å². The average Bonchev–Trinajstić information content (AvgIpc) is 2.24. The molecule has 1 saturated carbocycles. The van der Waals surface area contributed by atoms with Crippen LogP contribution in [-0.2, 0) is 4.74 Å². The Morgan fingerprint density at radius 1 is 1.25 bits per heavy atom. The first kappa shape index (κ1) is 14.0. The van der Waals surface area contributed by atoms with Gasteiger partial charge >= 0.3 is 0 Å². The minimum Gasteiger partial charge on any atom is -0.377 e. The van der Waals surface area contributed by atoms with Crippen LogP contribution in [0.15, 0.2) is 0 Å². The standard InChI is InChI=1S/C14H29NO/c1-5-9-15-12-7-8-14(3,4)11-13(12)16-10-6-2/h12-13,15H,5-11H2,1-4H3. The molecule has 2 heteroatoms. The van der Waals surface area contributed by atoms with Crippen LogP contribution in [0.25, 0.3) is 0 Å². The van der Waals surface area contributed by atoms with Crippen LogP contribution in [-0.4, -0.2) is 25.3 Å². The SMILES string of the molecule is CCCNC1CCC(C)(C)CC1OCCC. The molecule has 0 aliphatic heterocycles. The monoisotopic (exact) mass is 227 g/mol. The van der Waals surface area contributed by atoms with Gasteiger partial charge in [-0.25, -0.2) is 0 Å². The second-order valence-electron chi connectivity index (χ2n) is 5.88. The molecule has 16 heavy (non-hydrogen) atoms. The Balaban J connectivity index is 2.46. The van der Waals surface area contributed by atoms with Crippen LogP contribution in [0.1, 0.15) is 59.8 Å². The van der Waals surface area contributed by atoms with Gasteiger partial charge in [-0.3, -0.25) is 0 Å². The summed E-state index contributed by atoms with van der Waals surface area (Å²) in [4.78, 5) is 0. The molecule has 0 spiro atoms. The van der Waals surface area contributed by atoms with E-state index in [9.17, 15) is 0 Å². The summed E-state index contributed by atoms with van der Waals surface area (Å²) in [7, 11) is 0. The fourth-order valence-electron chi connectivity index (χ4n) is 2.53. The largest absolute Gasteiger partial charge is 0.377 e. The molecule has 1 rings (SSSR count). The zero-order chi connectivity index (χ0) is 12.0. The van der Waals surface area contributed by atoms with E-state index in [0.717, 1.165) is 19.6 Å². The average molecular weight is 227 g/mol. The summed E-state index contributed by atoms with van der Waals surface area (Å²) in [6.07, 6.45) is 6.55. The van der Waals surface area contributed by atoms with Crippen molar-refractivity contribution in [2.24, 2.45) is 5.41 Å². The van der Waals surface area contributed by atoms with Crippen molar-refractivity contribution in [1.82, 2.24) is 5.32 Å². The van der Waals surface area contributed by atoms with Gasteiger partial charge in [0, 0.05) is 12.6 Å². The third-order valence-electron chi connectivity index (χ3n) is 3.53. The van der Waals surface area contributed by atoms with E-state index in [1.807, 2.05) is 0 Å². The van der Waals surface area contributed by atoms with Gasteiger partial charge in [0.25, 0.3) is 0 Å². The molecule has 1 aliphatic rings.